The van der Waals surface area contributed by atoms with Gasteiger partial charge in [-0.05, 0) is 29.8 Å². The highest BCUT2D eigenvalue weighted by Crippen LogP contribution is 2.18. The summed E-state index contributed by atoms with van der Waals surface area (Å²) in [6.45, 7) is 1.24. The average Bonchev–Trinajstić information content (AvgIpc) is 2.66. The number of amides is 2. The highest BCUT2D eigenvalue weighted by molar-refractivity contribution is 6.40. The van der Waals surface area contributed by atoms with Gasteiger partial charge in [0.2, 0.25) is 0 Å². The molecule has 2 aromatic rings. The van der Waals surface area contributed by atoms with Crippen LogP contribution >= 0.6 is 0 Å². The van der Waals surface area contributed by atoms with Gasteiger partial charge < -0.3 is 14.5 Å². The summed E-state index contributed by atoms with van der Waals surface area (Å²) < 4.78 is 4.66. The number of anilines is 1. The Bertz CT molecular complexity index is 787. The molecule has 0 aromatic heterocycles. The van der Waals surface area contributed by atoms with Crippen molar-refractivity contribution in [3.8, 4) is 0 Å². The first-order valence-electron chi connectivity index (χ1n) is 7.93. The number of carbonyl (C=O) groups is 3. The predicted octanol–water partition coefficient (Wildman–Crippen LogP) is 1.85. The van der Waals surface area contributed by atoms with Crippen molar-refractivity contribution in [1.29, 1.82) is 0 Å². The van der Waals surface area contributed by atoms with Crippen LogP contribution in [0.15, 0.2) is 54.6 Å². The maximum absolute atomic E-state index is 12.4. The monoisotopic (exact) mass is 338 g/mol. The number of nitrogens with zero attached hydrogens (tertiary/aromatic N) is 2. The zero-order chi connectivity index (χ0) is 17.8. The number of para-hydroxylation sites is 1. The highest BCUT2D eigenvalue weighted by atomic mass is 16.5. The first-order valence-corrected chi connectivity index (χ1v) is 7.93. The fourth-order valence-corrected chi connectivity index (χ4v) is 2.76. The second-order valence-corrected chi connectivity index (χ2v) is 5.71. The molecule has 0 bridgehead atoms. The van der Waals surface area contributed by atoms with Crippen molar-refractivity contribution in [2.75, 3.05) is 25.1 Å². The summed E-state index contributed by atoms with van der Waals surface area (Å²) >= 11 is 0. The summed E-state index contributed by atoms with van der Waals surface area (Å²) in [7, 11) is 1.33. The smallest absolute Gasteiger partial charge is 0.337 e. The van der Waals surface area contributed by atoms with Crippen LogP contribution in [0, 0.1) is 0 Å². The number of hydrogen-bond donors (Lipinski definition) is 0. The third-order valence-electron chi connectivity index (χ3n) is 4.13. The maximum atomic E-state index is 12.4. The van der Waals surface area contributed by atoms with Crippen LogP contribution in [0.5, 0.6) is 0 Å². The van der Waals surface area contributed by atoms with Crippen molar-refractivity contribution in [1.82, 2.24) is 4.90 Å². The lowest BCUT2D eigenvalue weighted by atomic mass is 10.1. The molecule has 0 atom stereocenters. The Hall–Kier alpha value is -3.15. The Labute approximate surface area is 145 Å². The van der Waals surface area contributed by atoms with E-state index in [9.17, 15) is 14.4 Å². The topological polar surface area (TPSA) is 66.9 Å². The lowest BCUT2D eigenvalue weighted by Crippen LogP contribution is -2.54. The van der Waals surface area contributed by atoms with E-state index >= 15 is 0 Å². The number of methoxy groups -OCH3 is 1. The lowest BCUT2D eigenvalue weighted by molar-refractivity contribution is -0.146. The molecule has 1 aliphatic rings. The van der Waals surface area contributed by atoms with Gasteiger partial charge in [-0.2, -0.15) is 0 Å². The van der Waals surface area contributed by atoms with Gasteiger partial charge in [0.1, 0.15) is 0 Å². The van der Waals surface area contributed by atoms with Gasteiger partial charge in [0.15, 0.2) is 0 Å². The summed E-state index contributed by atoms with van der Waals surface area (Å²) in [6, 6.07) is 16.0. The van der Waals surface area contributed by atoms with E-state index in [1.165, 1.54) is 16.9 Å². The van der Waals surface area contributed by atoms with Gasteiger partial charge in [0, 0.05) is 25.3 Å². The van der Waals surface area contributed by atoms with Crippen LogP contribution in [0.2, 0.25) is 0 Å². The predicted molar refractivity (Wildman–Crippen MR) is 92.0 cm³/mol. The molecule has 0 aliphatic carbocycles. The van der Waals surface area contributed by atoms with Gasteiger partial charge >= 0.3 is 17.8 Å². The number of piperazine rings is 1. The normalized spacial score (nSPS) is 14.6. The molecule has 6 nitrogen and oxygen atoms in total. The summed E-state index contributed by atoms with van der Waals surface area (Å²) in [4.78, 5) is 39.2. The van der Waals surface area contributed by atoms with Crippen LogP contribution in [0.1, 0.15) is 15.9 Å². The molecule has 2 aromatic carbocycles. The fraction of sp³-hybridized carbons (Fsp3) is 0.211. The molecule has 1 heterocycles. The molecule has 0 spiro atoms. The van der Waals surface area contributed by atoms with Crippen molar-refractivity contribution in [3.63, 3.8) is 0 Å². The van der Waals surface area contributed by atoms with Gasteiger partial charge in [-0.1, -0.05) is 30.3 Å². The molecule has 1 saturated heterocycles. The quantitative estimate of drug-likeness (QED) is 0.630. The summed E-state index contributed by atoms with van der Waals surface area (Å²) in [6.07, 6.45) is 0. The Kier molecular flexibility index (Phi) is 4.79. The standard InChI is InChI=1S/C19H18N2O4/c1-25-19(24)15-9-7-14(8-10-15)13-20-11-12-21(18(23)17(20)22)16-5-3-2-4-6-16/h2-10H,11-13H2,1H3. The number of esters is 1. The molecular formula is C19H18N2O4. The van der Waals surface area contributed by atoms with Crippen molar-refractivity contribution >= 4 is 23.5 Å². The molecule has 25 heavy (non-hydrogen) atoms. The Morgan fingerprint density at radius 2 is 1.64 bits per heavy atom. The molecule has 0 saturated carbocycles. The van der Waals surface area contributed by atoms with Crippen molar-refractivity contribution in [2.24, 2.45) is 0 Å². The first kappa shape index (κ1) is 16.7. The molecule has 2 amide bonds. The molecule has 0 radical (unpaired) electrons. The van der Waals surface area contributed by atoms with Crippen LogP contribution in [-0.4, -0.2) is 42.9 Å². The van der Waals surface area contributed by atoms with E-state index in [1.54, 1.807) is 24.3 Å². The van der Waals surface area contributed by atoms with E-state index in [1.807, 2.05) is 30.3 Å². The van der Waals surface area contributed by atoms with Gasteiger partial charge in [-0.15, -0.1) is 0 Å². The molecule has 0 unspecified atom stereocenters. The number of carbonyl (C=O) groups excluding carboxylic acids is 3. The Balaban J connectivity index is 1.68. The van der Waals surface area contributed by atoms with Crippen molar-refractivity contribution in [3.05, 3.63) is 65.7 Å². The second kappa shape index (κ2) is 7.17. The number of rotatable bonds is 4. The summed E-state index contributed by atoms with van der Waals surface area (Å²) in [5.41, 5.74) is 2.02. The van der Waals surface area contributed by atoms with Gasteiger partial charge in [-0.25, -0.2) is 4.79 Å². The molecular weight excluding hydrogens is 320 g/mol. The Morgan fingerprint density at radius 1 is 0.960 bits per heavy atom. The third-order valence-corrected chi connectivity index (χ3v) is 4.13. The maximum Gasteiger partial charge on any atom is 0.337 e. The van der Waals surface area contributed by atoms with Crippen molar-refractivity contribution < 1.29 is 19.1 Å². The first-order chi connectivity index (χ1) is 12.1. The van der Waals surface area contributed by atoms with Gasteiger partial charge in [0.25, 0.3) is 0 Å². The fourth-order valence-electron chi connectivity index (χ4n) is 2.76. The summed E-state index contributed by atoms with van der Waals surface area (Å²) in [5.74, 6) is -1.45. The molecule has 1 fully saturated rings. The van der Waals surface area contributed by atoms with Gasteiger partial charge in [-0.3, -0.25) is 9.59 Å². The number of hydrogen-bond acceptors (Lipinski definition) is 4. The zero-order valence-electron chi connectivity index (χ0n) is 13.8. The van der Waals surface area contributed by atoms with E-state index in [-0.39, 0.29) is 0 Å². The average molecular weight is 338 g/mol. The second-order valence-electron chi connectivity index (χ2n) is 5.71. The van der Waals surface area contributed by atoms with Gasteiger partial charge in [0.05, 0.1) is 12.7 Å². The van der Waals surface area contributed by atoms with E-state index < -0.39 is 17.8 Å². The number of ether oxygens (including phenoxy) is 1. The van der Waals surface area contributed by atoms with Crippen LogP contribution in [0.3, 0.4) is 0 Å². The highest BCUT2D eigenvalue weighted by Gasteiger charge is 2.33. The SMILES string of the molecule is COC(=O)c1ccc(CN2CCN(c3ccccc3)C(=O)C2=O)cc1. The molecule has 0 N–H and O–H groups in total. The minimum Gasteiger partial charge on any atom is -0.465 e. The van der Waals surface area contributed by atoms with Crippen LogP contribution in [0.25, 0.3) is 0 Å². The molecule has 3 rings (SSSR count). The molecule has 1 aliphatic heterocycles. The largest absolute Gasteiger partial charge is 0.465 e. The third kappa shape index (κ3) is 3.52. The van der Waals surface area contributed by atoms with E-state index in [2.05, 4.69) is 4.74 Å². The van der Waals surface area contributed by atoms with E-state index in [0.29, 0.717) is 25.2 Å². The number of benzene rings is 2. The lowest BCUT2D eigenvalue weighted by Gasteiger charge is -2.33. The van der Waals surface area contributed by atoms with E-state index in [4.69, 9.17) is 0 Å². The summed E-state index contributed by atoms with van der Waals surface area (Å²) in [5, 5.41) is 0. The van der Waals surface area contributed by atoms with E-state index in [0.717, 1.165) is 11.3 Å². The minimum atomic E-state index is -0.524. The molecule has 128 valence electrons. The Morgan fingerprint density at radius 3 is 2.28 bits per heavy atom. The van der Waals surface area contributed by atoms with Crippen molar-refractivity contribution in [2.45, 2.75) is 6.54 Å². The van der Waals surface area contributed by atoms with Crippen LogP contribution in [0.4, 0.5) is 5.69 Å². The molecule has 6 heteroatoms. The van der Waals surface area contributed by atoms with Crippen LogP contribution in [-0.2, 0) is 20.9 Å². The minimum absolute atomic E-state index is 0.328. The van der Waals surface area contributed by atoms with Crippen LogP contribution < -0.4 is 4.90 Å². The zero-order valence-corrected chi connectivity index (χ0v) is 13.8.